The molecule has 16 nitrogen and oxygen atoms in total. The van der Waals surface area contributed by atoms with Gasteiger partial charge >= 0.3 is 27.3 Å². The number of benzene rings is 2. The van der Waals surface area contributed by atoms with Crippen LogP contribution in [0, 0.1) is 16.0 Å². The molecule has 2 aromatic rings. The van der Waals surface area contributed by atoms with Crippen LogP contribution in [0.3, 0.4) is 0 Å². The predicted molar refractivity (Wildman–Crippen MR) is 144 cm³/mol. The number of rotatable bonds is 10. The Balaban J connectivity index is 1.54. The SMILES string of the molecule is CC(OC(=O)OCc1ccc([N+](=O)[O-])cc1)[C@H]1C(=O)N2C(C(=O)OCc3ccccc3)=C(OS(C)(=O)=O)C(=[N+]=[N-])[S@](=O)[C@@H]12. The Morgan fingerprint density at radius 2 is 1.70 bits per heavy atom. The van der Waals surface area contributed by atoms with Crippen molar-refractivity contribution in [2.75, 3.05) is 6.26 Å². The highest BCUT2D eigenvalue weighted by Crippen LogP contribution is 2.42. The zero-order valence-electron chi connectivity index (χ0n) is 22.3. The first kappa shape index (κ1) is 31.0. The number of esters is 1. The molecular formula is C25H22N4O12S2. The molecular weight excluding hydrogens is 612 g/mol. The second-order valence-electron chi connectivity index (χ2n) is 9.14. The number of fused-ring (bicyclic) bond motifs is 1. The highest BCUT2D eigenvalue weighted by atomic mass is 32.2. The van der Waals surface area contributed by atoms with Crippen molar-refractivity contribution in [1.29, 1.82) is 0 Å². The maximum atomic E-state index is 13.3. The Bertz CT molecular complexity index is 1690. The molecule has 0 spiro atoms. The zero-order chi connectivity index (χ0) is 31.5. The Hall–Kier alpha value is -4.93. The Labute approximate surface area is 246 Å². The molecule has 2 heterocycles. The number of nitrogens with zero attached hydrogens (tertiary/aromatic N) is 4. The molecule has 2 aromatic carbocycles. The fourth-order valence-electron chi connectivity index (χ4n) is 4.21. The van der Waals surface area contributed by atoms with Gasteiger partial charge in [0.1, 0.15) is 30.6 Å². The summed E-state index contributed by atoms with van der Waals surface area (Å²) >= 11 is 0. The molecule has 0 N–H and O–H groups in total. The molecule has 1 fully saturated rings. The van der Waals surface area contributed by atoms with Gasteiger partial charge in [-0.1, -0.05) is 30.3 Å². The van der Waals surface area contributed by atoms with Gasteiger partial charge in [-0.3, -0.25) is 19.8 Å². The van der Waals surface area contributed by atoms with Crippen molar-refractivity contribution in [1.82, 2.24) is 4.90 Å². The van der Waals surface area contributed by atoms with Crippen LogP contribution in [0.15, 0.2) is 66.1 Å². The third-order valence-corrected chi connectivity index (χ3v) is 8.23. The van der Waals surface area contributed by atoms with Gasteiger partial charge in [0.05, 0.1) is 11.2 Å². The molecule has 0 aromatic heterocycles. The van der Waals surface area contributed by atoms with Crippen molar-refractivity contribution < 1.29 is 55.1 Å². The van der Waals surface area contributed by atoms with Crippen LogP contribution in [0.1, 0.15) is 18.1 Å². The topological polar surface area (TPSA) is 222 Å². The first-order chi connectivity index (χ1) is 20.3. The first-order valence-corrected chi connectivity index (χ1v) is 15.2. The molecule has 18 heteroatoms. The molecule has 0 aliphatic carbocycles. The van der Waals surface area contributed by atoms with Gasteiger partial charge in [0.25, 0.3) is 11.4 Å². The second-order valence-corrected chi connectivity index (χ2v) is 12.2. The van der Waals surface area contributed by atoms with Crippen molar-refractivity contribution in [3.63, 3.8) is 0 Å². The predicted octanol–water partition coefficient (Wildman–Crippen LogP) is 1.74. The lowest BCUT2D eigenvalue weighted by atomic mass is 9.91. The van der Waals surface area contributed by atoms with Gasteiger partial charge in [-0.15, -0.1) is 0 Å². The summed E-state index contributed by atoms with van der Waals surface area (Å²) in [6.07, 6.45) is -1.90. The van der Waals surface area contributed by atoms with Gasteiger partial charge in [-0.2, -0.15) is 13.2 Å². The number of ether oxygens (including phenoxy) is 3. The van der Waals surface area contributed by atoms with E-state index in [4.69, 9.17) is 18.4 Å². The van der Waals surface area contributed by atoms with E-state index in [2.05, 4.69) is 4.79 Å². The second kappa shape index (κ2) is 12.5. The van der Waals surface area contributed by atoms with E-state index in [0.29, 0.717) is 22.3 Å². The molecule has 226 valence electrons. The van der Waals surface area contributed by atoms with E-state index in [1.165, 1.54) is 31.2 Å². The van der Waals surface area contributed by atoms with Crippen LogP contribution in [0.2, 0.25) is 0 Å². The summed E-state index contributed by atoms with van der Waals surface area (Å²) in [5.41, 5.74) is 9.63. The molecule has 43 heavy (non-hydrogen) atoms. The molecule has 0 saturated carbocycles. The summed E-state index contributed by atoms with van der Waals surface area (Å²) in [6.45, 7) is 0.678. The number of hydrogen-bond donors (Lipinski definition) is 0. The third-order valence-electron chi connectivity index (χ3n) is 6.17. The summed E-state index contributed by atoms with van der Waals surface area (Å²) in [5, 5.41) is 8.48. The lowest BCUT2D eigenvalue weighted by Crippen LogP contribution is -2.69. The van der Waals surface area contributed by atoms with Gasteiger partial charge < -0.3 is 23.9 Å². The summed E-state index contributed by atoms with van der Waals surface area (Å²) in [6, 6.07) is 13.5. The fraction of sp³-hybridized carbons (Fsp3) is 0.280. The number of nitro groups is 1. The van der Waals surface area contributed by atoms with Gasteiger partial charge in [-0.25, -0.2) is 13.8 Å². The number of β-lactam (4-membered cyclic amide) rings is 1. The van der Waals surface area contributed by atoms with Crippen molar-refractivity contribution in [2.24, 2.45) is 5.92 Å². The fourth-order valence-corrected chi connectivity index (χ4v) is 6.36. The molecule has 0 radical (unpaired) electrons. The lowest BCUT2D eigenvalue weighted by Gasteiger charge is -2.48. The van der Waals surface area contributed by atoms with Crippen LogP contribution in [0.25, 0.3) is 5.53 Å². The molecule has 1 unspecified atom stereocenters. The maximum Gasteiger partial charge on any atom is 0.508 e. The molecule has 2 aliphatic rings. The van der Waals surface area contributed by atoms with Crippen molar-refractivity contribution in [2.45, 2.75) is 31.6 Å². The quantitative estimate of drug-likeness (QED) is 0.0693. The molecule has 2 aliphatic heterocycles. The van der Waals surface area contributed by atoms with E-state index in [9.17, 15) is 42.7 Å². The molecule has 1 saturated heterocycles. The van der Waals surface area contributed by atoms with Gasteiger partial charge in [0, 0.05) is 12.1 Å². The average Bonchev–Trinajstić information content (AvgIpc) is 2.95. The first-order valence-electron chi connectivity index (χ1n) is 12.2. The zero-order valence-corrected chi connectivity index (χ0v) is 24.0. The van der Waals surface area contributed by atoms with Crippen LogP contribution in [0.4, 0.5) is 10.5 Å². The summed E-state index contributed by atoms with van der Waals surface area (Å²) < 4.78 is 57.5. The monoisotopic (exact) mass is 634 g/mol. The number of carbonyl (C=O) groups is 3. The Kier molecular flexibility index (Phi) is 9.03. The molecule has 4 atom stereocenters. The molecule has 4 rings (SSSR count). The largest absolute Gasteiger partial charge is 0.508 e. The van der Waals surface area contributed by atoms with Gasteiger partial charge in [0.15, 0.2) is 16.5 Å². The van der Waals surface area contributed by atoms with Crippen molar-refractivity contribution in [3.05, 3.63) is 92.8 Å². The van der Waals surface area contributed by atoms with Crippen molar-refractivity contribution >= 4 is 49.7 Å². The lowest BCUT2D eigenvalue weighted by molar-refractivity contribution is -0.384. The molecule has 1 amide bonds. The van der Waals surface area contributed by atoms with E-state index in [1.807, 2.05) is 0 Å². The van der Waals surface area contributed by atoms with Crippen LogP contribution < -0.4 is 0 Å². The van der Waals surface area contributed by atoms with E-state index in [1.54, 1.807) is 30.3 Å². The number of carbonyl (C=O) groups excluding carboxylic acids is 3. The van der Waals surface area contributed by atoms with Crippen LogP contribution in [-0.4, -0.2) is 68.0 Å². The van der Waals surface area contributed by atoms with Crippen LogP contribution in [-0.2, 0) is 62.1 Å². The summed E-state index contributed by atoms with van der Waals surface area (Å²) in [4.78, 5) is 52.5. The van der Waals surface area contributed by atoms with Crippen LogP contribution >= 0.6 is 0 Å². The average molecular weight is 635 g/mol. The minimum Gasteiger partial charge on any atom is -0.456 e. The van der Waals surface area contributed by atoms with Gasteiger partial charge in [0.2, 0.25) is 5.91 Å². The summed E-state index contributed by atoms with van der Waals surface area (Å²) in [7, 11) is -6.86. The van der Waals surface area contributed by atoms with E-state index >= 15 is 0 Å². The maximum absolute atomic E-state index is 13.3. The number of hydrogen-bond acceptors (Lipinski definition) is 12. The van der Waals surface area contributed by atoms with Crippen molar-refractivity contribution in [3.8, 4) is 0 Å². The highest BCUT2D eigenvalue weighted by Gasteiger charge is 2.64. The standard InChI is InChI=1S/C25H22N4O12S2/c1-14(40-25(32)39-13-16-8-10-17(11-9-16)29(33)34)18-22(30)28-19(24(31)38-12-15-6-4-3-5-7-15)20(41-43(2,36)37)21(27-26)42(35)23(18)28/h3-11,14,18,23H,12-13H2,1-2H3/t14?,18-,23-,42-/m0/s1. The Morgan fingerprint density at radius 1 is 1.09 bits per heavy atom. The van der Waals surface area contributed by atoms with Gasteiger partial charge in [-0.05, 0) is 30.2 Å². The summed E-state index contributed by atoms with van der Waals surface area (Å²) in [5.74, 6) is -4.44. The minimum absolute atomic E-state index is 0.165. The minimum atomic E-state index is -4.39. The number of non-ortho nitro benzene ring substituents is 1. The van der Waals surface area contributed by atoms with E-state index < -0.39 is 77.8 Å². The third kappa shape index (κ3) is 6.77. The smallest absolute Gasteiger partial charge is 0.456 e. The van der Waals surface area contributed by atoms with E-state index in [0.717, 1.165) is 0 Å². The number of nitro benzene ring substituents is 1. The van der Waals surface area contributed by atoms with Crippen LogP contribution in [0.5, 0.6) is 0 Å². The van der Waals surface area contributed by atoms with E-state index in [-0.39, 0.29) is 18.9 Å². The number of amides is 1. The Morgan fingerprint density at radius 3 is 2.28 bits per heavy atom. The molecule has 0 bridgehead atoms. The normalized spacial score (nSPS) is 20.2. The highest BCUT2D eigenvalue weighted by molar-refractivity contribution is 8.01.